The zero-order valence-corrected chi connectivity index (χ0v) is 30.8. The summed E-state index contributed by atoms with van der Waals surface area (Å²) in [6.45, 7) is 7.60. The van der Waals surface area contributed by atoms with Gasteiger partial charge in [0, 0.05) is 25.2 Å². The number of hydrogen-bond acceptors (Lipinski definition) is 10. The van der Waals surface area contributed by atoms with E-state index in [4.69, 9.17) is 9.15 Å². The molecule has 0 aliphatic carbocycles. The highest BCUT2D eigenvalue weighted by atomic mass is 32.2. The molecule has 4 aromatic rings. The molecule has 1 aliphatic heterocycles. The number of fused-ring (bicyclic) bond motifs is 1. The Morgan fingerprint density at radius 1 is 1.00 bits per heavy atom. The highest BCUT2D eigenvalue weighted by Crippen LogP contribution is 2.25. The molecule has 278 valence electrons. The number of nitrogens with zero attached hydrogens (tertiary/aromatic N) is 3. The number of carbonyl (C=O) groups excluding carboxylic acids is 3. The molecular formula is C38H47N5O8S. The number of ether oxygens (including phenoxy) is 1. The fourth-order valence-electron chi connectivity index (χ4n) is 6.06. The van der Waals surface area contributed by atoms with E-state index in [1.165, 1.54) is 11.1 Å². The summed E-state index contributed by atoms with van der Waals surface area (Å²) in [7, 11) is -4.00. The number of aromatic nitrogens is 2. The number of aliphatic hydroxyl groups excluding tert-OH is 1. The molecule has 1 aliphatic rings. The maximum Gasteiger partial charge on any atom is 0.410 e. The number of aliphatic hydroxyl groups is 1. The van der Waals surface area contributed by atoms with E-state index in [1.807, 2.05) is 30.3 Å². The summed E-state index contributed by atoms with van der Waals surface area (Å²) in [6, 6.07) is 17.5. The number of amides is 3. The van der Waals surface area contributed by atoms with E-state index in [-0.39, 0.29) is 25.4 Å². The summed E-state index contributed by atoms with van der Waals surface area (Å²) in [5, 5.41) is 17.1. The van der Waals surface area contributed by atoms with Crippen molar-refractivity contribution in [1.29, 1.82) is 0 Å². The Morgan fingerprint density at radius 2 is 1.69 bits per heavy atom. The number of rotatable bonds is 13. The molecule has 14 heteroatoms. The lowest BCUT2D eigenvalue weighted by atomic mass is 9.95. The molecule has 1 fully saturated rings. The van der Waals surface area contributed by atoms with Crippen molar-refractivity contribution in [2.75, 3.05) is 18.8 Å². The molecule has 0 bridgehead atoms. The lowest BCUT2D eigenvalue weighted by molar-refractivity contribution is -0.132. The zero-order chi connectivity index (χ0) is 37.5. The first-order valence-electron chi connectivity index (χ1n) is 17.4. The third-order valence-corrected chi connectivity index (χ3v) is 10.5. The van der Waals surface area contributed by atoms with Crippen LogP contribution >= 0.6 is 0 Å². The van der Waals surface area contributed by atoms with Gasteiger partial charge in [-0.1, -0.05) is 48.5 Å². The minimum absolute atomic E-state index is 0.00450. The normalized spacial score (nSPS) is 15.8. The Balaban J connectivity index is 1.36. The van der Waals surface area contributed by atoms with E-state index in [0.717, 1.165) is 5.56 Å². The van der Waals surface area contributed by atoms with Crippen LogP contribution in [0.4, 0.5) is 4.79 Å². The molecule has 0 radical (unpaired) electrons. The molecule has 3 amide bonds. The quantitative estimate of drug-likeness (QED) is 0.178. The Bertz CT molecular complexity index is 1920. The van der Waals surface area contributed by atoms with Gasteiger partial charge in [-0.3, -0.25) is 14.6 Å². The van der Waals surface area contributed by atoms with Crippen molar-refractivity contribution in [2.45, 2.75) is 82.9 Å². The third-order valence-electron chi connectivity index (χ3n) is 8.90. The minimum atomic E-state index is -4.00. The number of aryl methyl sites for hydroxylation is 2. The Hall–Kier alpha value is -4.82. The van der Waals surface area contributed by atoms with Gasteiger partial charge < -0.3 is 29.8 Å². The number of benzene rings is 2. The van der Waals surface area contributed by atoms with Crippen LogP contribution in [0, 0.1) is 12.8 Å². The standard InChI is InChI=1S/C38H47N5O8S/c1-25-11-10-20-39-30(25)23-52(48,49)24-31(41-34(45)27-18-21-43(22-19-27)37(47)51-38(2,3)4)35(46)40-29(17-16-26-12-6-5-7-13-26)33(44)36-42-28-14-8-9-15-32(28)50-36/h5-15,20,27,29,31,33,44H,16-19,21-24H2,1-4H3,(H,40,46)(H,41,45). The number of hydrogen-bond donors (Lipinski definition) is 3. The van der Waals surface area contributed by atoms with Crippen molar-refractivity contribution >= 4 is 38.8 Å². The summed E-state index contributed by atoms with van der Waals surface area (Å²) < 4.78 is 38.5. The summed E-state index contributed by atoms with van der Waals surface area (Å²) in [5.41, 5.74) is 2.30. The second-order valence-corrected chi connectivity index (χ2v) is 16.3. The van der Waals surface area contributed by atoms with Crippen LogP contribution in [-0.2, 0) is 36.3 Å². The molecule has 3 unspecified atom stereocenters. The van der Waals surface area contributed by atoms with Crippen LogP contribution < -0.4 is 10.6 Å². The molecule has 5 rings (SSSR count). The number of carbonyl (C=O) groups is 3. The zero-order valence-electron chi connectivity index (χ0n) is 29.9. The average Bonchev–Trinajstić information content (AvgIpc) is 3.54. The van der Waals surface area contributed by atoms with Crippen LogP contribution in [0.5, 0.6) is 0 Å². The maximum atomic E-state index is 14.1. The van der Waals surface area contributed by atoms with E-state index in [2.05, 4.69) is 20.6 Å². The third kappa shape index (κ3) is 10.6. The Kier molecular flexibility index (Phi) is 12.3. The van der Waals surface area contributed by atoms with Crippen LogP contribution in [0.3, 0.4) is 0 Å². The number of piperidine rings is 1. The molecule has 3 heterocycles. The molecule has 2 aromatic carbocycles. The van der Waals surface area contributed by atoms with E-state index in [0.29, 0.717) is 41.6 Å². The van der Waals surface area contributed by atoms with Gasteiger partial charge in [0.2, 0.25) is 17.7 Å². The second kappa shape index (κ2) is 16.7. The number of nitrogens with one attached hydrogen (secondary N) is 2. The monoisotopic (exact) mass is 733 g/mol. The van der Waals surface area contributed by atoms with Gasteiger partial charge in [-0.2, -0.15) is 0 Å². The first-order valence-corrected chi connectivity index (χ1v) is 19.3. The van der Waals surface area contributed by atoms with Gasteiger partial charge in [-0.15, -0.1) is 0 Å². The molecule has 0 saturated carbocycles. The molecule has 13 nitrogen and oxygen atoms in total. The van der Waals surface area contributed by atoms with Crippen molar-refractivity contribution < 1.29 is 37.1 Å². The number of oxazole rings is 1. The lowest BCUT2D eigenvalue weighted by Gasteiger charge is -2.33. The van der Waals surface area contributed by atoms with Gasteiger partial charge in [-0.25, -0.2) is 18.2 Å². The van der Waals surface area contributed by atoms with Crippen LogP contribution in [0.1, 0.15) is 68.8 Å². The molecule has 3 N–H and O–H groups in total. The van der Waals surface area contributed by atoms with Crippen molar-refractivity contribution in [3.05, 3.63) is 95.6 Å². The second-order valence-electron chi connectivity index (χ2n) is 14.2. The van der Waals surface area contributed by atoms with E-state index < -0.39 is 69.0 Å². The molecule has 0 spiro atoms. The van der Waals surface area contributed by atoms with Crippen molar-refractivity contribution in [3.8, 4) is 0 Å². The predicted molar refractivity (Wildman–Crippen MR) is 195 cm³/mol. The van der Waals surface area contributed by atoms with Crippen molar-refractivity contribution in [1.82, 2.24) is 25.5 Å². The van der Waals surface area contributed by atoms with Gasteiger partial charge in [0.05, 0.1) is 23.2 Å². The van der Waals surface area contributed by atoms with Gasteiger partial charge >= 0.3 is 6.09 Å². The number of likely N-dealkylation sites (tertiary alicyclic amines) is 1. The Morgan fingerprint density at radius 3 is 2.37 bits per heavy atom. The molecular weight excluding hydrogens is 687 g/mol. The minimum Gasteiger partial charge on any atom is -0.444 e. The van der Waals surface area contributed by atoms with Gasteiger partial charge in [-0.05, 0) is 82.7 Å². The fourth-order valence-corrected chi connectivity index (χ4v) is 7.64. The fraction of sp³-hybridized carbons (Fsp3) is 0.447. The smallest absolute Gasteiger partial charge is 0.410 e. The SMILES string of the molecule is Cc1cccnc1CS(=O)(=O)CC(NC(=O)C1CCN(C(=O)OC(C)(C)C)CC1)C(=O)NC(CCc1ccccc1)C(O)c1nc2ccccc2o1. The number of pyridine rings is 1. The summed E-state index contributed by atoms with van der Waals surface area (Å²) in [4.78, 5) is 50.5. The molecule has 1 saturated heterocycles. The highest BCUT2D eigenvalue weighted by Gasteiger charge is 2.36. The van der Waals surface area contributed by atoms with Crippen LogP contribution in [0.15, 0.2) is 77.3 Å². The number of sulfone groups is 1. The first-order chi connectivity index (χ1) is 24.7. The summed E-state index contributed by atoms with van der Waals surface area (Å²) in [5.74, 6) is -3.01. The van der Waals surface area contributed by atoms with Crippen LogP contribution in [0.2, 0.25) is 0 Å². The van der Waals surface area contributed by atoms with E-state index in [9.17, 15) is 27.9 Å². The predicted octanol–water partition coefficient (Wildman–Crippen LogP) is 4.43. The van der Waals surface area contributed by atoms with Gasteiger partial charge in [0.15, 0.2) is 21.5 Å². The average molecular weight is 734 g/mol. The highest BCUT2D eigenvalue weighted by molar-refractivity contribution is 7.90. The summed E-state index contributed by atoms with van der Waals surface area (Å²) >= 11 is 0. The molecule has 52 heavy (non-hydrogen) atoms. The molecule has 3 atom stereocenters. The Labute approximate surface area is 304 Å². The molecule has 2 aromatic heterocycles. The van der Waals surface area contributed by atoms with E-state index in [1.54, 1.807) is 64.1 Å². The van der Waals surface area contributed by atoms with E-state index >= 15 is 0 Å². The first kappa shape index (κ1) is 38.4. The van der Waals surface area contributed by atoms with Crippen LogP contribution in [0.25, 0.3) is 11.1 Å². The largest absolute Gasteiger partial charge is 0.444 e. The van der Waals surface area contributed by atoms with Crippen molar-refractivity contribution in [2.24, 2.45) is 5.92 Å². The van der Waals surface area contributed by atoms with Crippen molar-refractivity contribution in [3.63, 3.8) is 0 Å². The summed E-state index contributed by atoms with van der Waals surface area (Å²) in [6.07, 6.45) is 0.954. The van der Waals surface area contributed by atoms with Gasteiger partial charge in [0.25, 0.3) is 0 Å². The lowest BCUT2D eigenvalue weighted by Crippen LogP contribution is -2.55. The van der Waals surface area contributed by atoms with Gasteiger partial charge in [0.1, 0.15) is 17.2 Å². The topological polar surface area (TPSA) is 181 Å². The number of para-hydroxylation sites is 2. The maximum absolute atomic E-state index is 14.1. The van der Waals surface area contributed by atoms with Crippen LogP contribution in [-0.4, -0.2) is 82.8 Å².